The summed E-state index contributed by atoms with van der Waals surface area (Å²) in [5, 5.41) is 0. The second-order valence-corrected chi connectivity index (χ2v) is 5.31. The number of nitrogens with two attached hydrogens (primary N) is 1. The number of piperidine rings is 1. The van der Waals surface area contributed by atoms with Gasteiger partial charge in [-0.15, -0.1) is 0 Å². The quantitative estimate of drug-likeness (QED) is 0.840. The third-order valence-corrected chi connectivity index (χ3v) is 3.73. The van der Waals surface area contributed by atoms with Crippen LogP contribution in [-0.2, 0) is 11.3 Å². The normalized spacial score (nSPS) is 25.3. The Morgan fingerprint density at radius 3 is 2.94 bits per heavy atom. The highest BCUT2D eigenvalue weighted by Gasteiger charge is 2.30. The summed E-state index contributed by atoms with van der Waals surface area (Å²) in [6.07, 6.45) is 2.20. The van der Waals surface area contributed by atoms with Crippen LogP contribution in [-0.4, -0.2) is 30.7 Å². The molecule has 3 nitrogen and oxygen atoms in total. The molecule has 0 spiro atoms. The fourth-order valence-corrected chi connectivity index (χ4v) is 2.56. The van der Waals surface area contributed by atoms with E-state index in [0.29, 0.717) is 5.69 Å². The number of ether oxygens (including phenoxy) is 1. The molecule has 1 saturated heterocycles. The standard InChI is InChI=1S/C14H21FN2O/c1-14(18-2)6-3-7-17(10-14)9-11-4-5-12(15)8-13(11)16/h4-5,8H,3,6-7,9-10,16H2,1-2H3. The van der Waals surface area contributed by atoms with Crippen molar-refractivity contribution in [3.63, 3.8) is 0 Å². The second-order valence-electron chi connectivity index (χ2n) is 5.31. The van der Waals surface area contributed by atoms with Gasteiger partial charge in [0, 0.05) is 25.9 Å². The maximum atomic E-state index is 13.0. The van der Waals surface area contributed by atoms with E-state index in [4.69, 9.17) is 10.5 Å². The van der Waals surface area contributed by atoms with E-state index in [-0.39, 0.29) is 11.4 Å². The van der Waals surface area contributed by atoms with Crippen molar-refractivity contribution in [2.75, 3.05) is 25.9 Å². The largest absolute Gasteiger partial charge is 0.398 e. The van der Waals surface area contributed by atoms with Crippen molar-refractivity contribution < 1.29 is 9.13 Å². The van der Waals surface area contributed by atoms with Crippen LogP contribution in [0.2, 0.25) is 0 Å². The van der Waals surface area contributed by atoms with Crippen LogP contribution >= 0.6 is 0 Å². The van der Waals surface area contributed by atoms with Crippen molar-refractivity contribution >= 4 is 5.69 Å². The molecule has 0 saturated carbocycles. The molecule has 1 atom stereocenters. The third-order valence-electron chi connectivity index (χ3n) is 3.73. The first-order valence-electron chi connectivity index (χ1n) is 6.34. The molecule has 1 unspecified atom stereocenters. The number of nitrogens with zero attached hydrogens (tertiary/aromatic N) is 1. The van der Waals surface area contributed by atoms with Crippen LogP contribution < -0.4 is 5.73 Å². The molecule has 2 N–H and O–H groups in total. The number of anilines is 1. The first-order chi connectivity index (χ1) is 8.52. The van der Waals surface area contributed by atoms with E-state index in [1.54, 1.807) is 13.2 Å². The minimum atomic E-state index is -0.281. The van der Waals surface area contributed by atoms with Crippen LogP contribution in [0.3, 0.4) is 0 Å². The van der Waals surface area contributed by atoms with Gasteiger partial charge in [0.05, 0.1) is 5.60 Å². The lowest BCUT2D eigenvalue weighted by Gasteiger charge is -2.39. The van der Waals surface area contributed by atoms with Gasteiger partial charge in [-0.25, -0.2) is 4.39 Å². The predicted octanol–water partition coefficient (Wildman–Crippen LogP) is 2.41. The van der Waals surface area contributed by atoms with Gasteiger partial charge in [0.25, 0.3) is 0 Å². The van der Waals surface area contributed by atoms with Gasteiger partial charge in [0.1, 0.15) is 5.82 Å². The monoisotopic (exact) mass is 252 g/mol. The Morgan fingerprint density at radius 2 is 2.28 bits per heavy atom. The summed E-state index contributed by atoms with van der Waals surface area (Å²) in [4.78, 5) is 2.32. The van der Waals surface area contributed by atoms with Crippen LogP contribution in [0.25, 0.3) is 0 Å². The number of rotatable bonds is 3. The lowest BCUT2D eigenvalue weighted by molar-refractivity contribution is -0.0526. The molecule has 18 heavy (non-hydrogen) atoms. The van der Waals surface area contributed by atoms with Gasteiger partial charge < -0.3 is 10.5 Å². The Labute approximate surface area is 108 Å². The number of hydrogen-bond acceptors (Lipinski definition) is 3. The molecule has 1 aliphatic rings. The van der Waals surface area contributed by atoms with Crippen molar-refractivity contribution in [2.45, 2.75) is 31.9 Å². The minimum Gasteiger partial charge on any atom is -0.398 e. The molecule has 2 rings (SSSR count). The van der Waals surface area contributed by atoms with Crippen LogP contribution in [0.5, 0.6) is 0 Å². The van der Waals surface area contributed by atoms with Crippen LogP contribution in [0.1, 0.15) is 25.3 Å². The molecule has 0 aliphatic carbocycles. The molecular weight excluding hydrogens is 231 g/mol. The van der Waals surface area contributed by atoms with Gasteiger partial charge in [0.2, 0.25) is 0 Å². The van der Waals surface area contributed by atoms with Gasteiger partial charge in [-0.3, -0.25) is 4.90 Å². The van der Waals surface area contributed by atoms with Crippen molar-refractivity contribution in [1.82, 2.24) is 4.90 Å². The van der Waals surface area contributed by atoms with Gasteiger partial charge in [-0.1, -0.05) is 6.07 Å². The molecule has 0 bridgehead atoms. The fraction of sp³-hybridized carbons (Fsp3) is 0.571. The molecule has 1 aromatic carbocycles. The molecule has 1 aliphatic heterocycles. The minimum absolute atomic E-state index is 0.0763. The van der Waals surface area contributed by atoms with Crippen molar-refractivity contribution in [2.24, 2.45) is 0 Å². The molecular formula is C14H21FN2O. The Kier molecular flexibility index (Phi) is 3.88. The lowest BCUT2D eigenvalue weighted by atomic mass is 9.94. The average molecular weight is 252 g/mol. The molecule has 0 radical (unpaired) electrons. The van der Waals surface area contributed by atoms with E-state index < -0.39 is 0 Å². The van der Waals surface area contributed by atoms with Gasteiger partial charge in [0.15, 0.2) is 0 Å². The third kappa shape index (κ3) is 3.00. The van der Waals surface area contributed by atoms with Crippen LogP contribution in [0.15, 0.2) is 18.2 Å². The van der Waals surface area contributed by atoms with Gasteiger partial charge in [-0.05, 0) is 44.0 Å². The van der Waals surface area contributed by atoms with E-state index in [1.807, 2.05) is 0 Å². The number of halogens is 1. The summed E-state index contributed by atoms with van der Waals surface area (Å²) in [7, 11) is 1.76. The van der Waals surface area contributed by atoms with E-state index in [2.05, 4.69) is 11.8 Å². The zero-order valence-corrected chi connectivity index (χ0v) is 11.1. The Balaban J connectivity index is 2.05. The number of methoxy groups -OCH3 is 1. The number of nitrogen functional groups attached to an aromatic ring is 1. The van der Waals surface area contributed by atoms with Crippen molar-refractivity contribution in [3.05, 3.63) is 29.6 Å². The van der Waals surface area contributed by atoms with E-state index in [0.717, 1.165) is 38.0 Å². The number of benzene rings is 1. The van der Waals surface area contributed by atoms with Crippen LogP contribution in [0, 0.1) is 5.82 Å². The fourth-order valence-electron chi connectivity index (χ4n) is 2.56. The smallest absolute Gasteiger partial charge is 0.125 e. The summed E-state index contributed by atoms with van der Waals surface area (Å²) >= 11 is 0. The summed E-state index contributed by atoms with van der Waals surface area (Å²) in [6, 6.07) is 4.61. The highest BCUT2D eigenvalue weighted by molar-refractivity contribution is 5.46. The summed E-state index contributed by atoms with van der Waals surface area (Å²) in [5.74, 6) is -0.281. The van der Waals surface area contributed by atoms with Crippen LogP contribution in [0.4, 0.5) is 10.1 Å². The van der Waals surface area contributed by atoms with Crippen molar-refractivity contribution in [3.8, 4) is 0 Å². The number of likely N-dealkylation sites (tertiary alicyclic amines) is 1. The van der Waals surface area contributed by atoms with Crippen molar-refractivity contribution in [1.29, 1.82) is 0 Å². The second kappa shape index (κ2) is 5.24. The average Bonchev–Trinajstić information content (AvgIpc) is 2.33. The summed E-state index contributed by atoms with van der Waals surface area (Å²) < 4.78 is 18.6. The Morgan fingerprint density at radius 1 is 1.50 bits per heavy atom. The lowest BCUT2D eigenvalue weighted by Crippen LogP contribution is -2.46. The zero-order chi connectivity index (χ0) is 13.2. The molecule has 1 aromatic rings. The molecule has 1 heterocycles. The van der Waals surface area contributed by atoms with Gasteiger partial charge in [-0.2, -0.15) is 0 Å². The SMILES string of the molecule is COC1(C)CCCN(Cc2ccc(F)cc2N)C1. The molecule has 0 amide bonds. The zero-order valence-electron chi connectivity index (χ0n) is 11.1. The van der Waals surface area contributed by atoms with E-state index in [9.17, 15) is 4.39 Å². The first-order valence-corrected chi connectivity index (χ1v) is 6.34. The maximum absolute atomic E-state index is 13.0. The highest BCUT2D eigenvalue weighted by Crippen LogP contribution is 2.26. The first kappa shape index (κ1) is 13.3. The topological polar surface area (TPSA) is 38.5 Å². The number of hydrogen-bond donors (Lipinski definition) is 1. The Bertz CT molecular complexity index is 424. The maximum Gasteiger partial charge on any atom is 0.125 e. The van der Waals surface area contributed by atoms with E-state index in [1.165, 1.54) is 12.1 Å². The Hall–Kier alpha value is -1.13. The molecule has 4 heteroatoms. The molecule has 100 valence electrons. The molecule has 0 aromatic heterocycles. The van der Waals surface area contributed by atoms with E-state index >= 15 is 0 Å². The molecule has 1 fully saturated rings. The van der Waals surface area contributed by atoms with Gasteiger partial charge >= 0.3 is 0 Å². The predicted molar refractivity (Wildman–Crippen MR) is 70.7 cm³/mol. The highest BCUT2D eigenvalue weighted by atomic mass is 19.1. The summed E-state index contributed by atoms with van der Waals surface area (Å²) in [5.41, 5.74) is 7.27. The summed E-state index contributed by atoms with van der Waals surface area (Å²) in [6.45, 7) is 4.81.